The highest BCUT2D eigenvalue weighted by molar-refractivity contribution is 5.39. The maximum atomic E-state index is 13.6. The van der Waals surface area contributed by atoms with Gasteiger partial charge in [-0.15, -0.1) is 0 Å². The van der Waals surface area contributed by atoms with Gasteiger partial charge in [0.2, 0.25) is 0 Å². The summed E-state index contributed by atoms with van der Waals surface area (Å²) in [6.07, 6.45) is -1.27. The highest BCUT2D eigenvalue weighted by atomic mass is 19.4. The highest BCUT2D eigenvalue weighted by Gasteiger charge is 2.39. The van der Waals surface area contributed by atoms with Crippen LogP contribution in [0.5, 0.6) is 5.75 Å². The third-order valence-corrected chi connectivity index (χ3v) is 4.77. The Balaban J connectivity index is 1.96. The summed E-state index contributed by atoms with van der Waals surface area (Å²) in [6, 6.07) is 4.23. The largest absolute Gasteiger partial charge is 0.497 e. The van der Waals surface area contributed by atoms with Gasteiger partial charge in [-0.2, -0.15) is 13.2 Å². The predicted octanol–water partition coefficient (Wildman–Crippen LogP) is 3.46. The lowest BCUT2D eigenvalue weighted by molar-refractivity contribution is -0.139. The van der Waals surface area contributed by atoms with E-state index in [0.717, 1.165) is 51.5 Å². The molecule has 0 unspecified atom stereocenters. The number of rotatable bonds is 5. The zero-order valence-electron chi connectivity index (χ0n) is 13.3. The average Bonchev–Trinajstić information content (AvgIpc) is 3.36. The van der Waals surface area contributed by atoms with Crippen LogP contribution in [-0.4, -0.2) is 38.2 Å². The number of benzene rings is 1. The van der Waals surface area contributed by atoms with Crippen molar-refractivity contribution in [2.24, 2.45) is 5.92 Å². The van der Waals surface area contributed by atoms with Gasteiger partial charge in [0.15, 0.2) is 0 Å². The Hall–Kier alpha value is -1.27. The number of nitrogens with zero attached hydrogens (tertiary/aromatic N) is 1. The molecule has 0 spiro atoms. The Morgan fingerprint density at radius 3 is 2.52 bits per heavy atom. The quantitative estimate of drug-likeness (QED) is 0.896. The molecule has 0 bridgehead atoms. The average molecular weight is 328 g/mol. The Bertz CT molecular complexity index is 537. The van der Waals surface area contributed by atoms with Crippen molar-refractivity contribution >= 4 is 0 Å². The zero-order chi connectivity index (χ0) is 16.4. The Morgan fingerprint density at radius 1 is 1.26 bits per heavy atom. The molecule has 6 heteroatoms. The van der Waals surface area contributed by atoms with E-state index in [4.69, 9.17) is 4.74 Å². The molecule has 2 aliphatic rings. The summed E-state index contributed by atoms with van der Waals surface area (Å²) in [4.78, 5) is 2.20. The molecule has 1 aliphatic carbocycles. The molecule has 0 aromatic heterocycles. The molecule has 1 atom stereocenters. The van der Waals surface area contributed by atoms with Gasteiger partial charge in [-0.25, -0.2) is 0 Å². The number of hydrogen-bond donors (Lipinski definition) is 1. The molecule has 1 saturated heterocycles. The molecule has 1 heterocycles. The van der Waals surface area contributed by atoms with Gasteiger partial charge < -0.3 is 10.1 Å². The molecule has 1 aromatic carbocycles. The number of hydrogen-bond acceptors (Lipinski definition) is 3. The fraction of sp³-hybridized carbons (Fsp3) is 0.647. The van der Waals surface area contributed by atoms with Crippen molar-refractivity contribution in [3.05, 3.63) is 29.3 Å². The molecule has 0 radical (unpaired) electrons. The second-order valence-corrected chi connectivity index (χ2v) is 6.43. The van der Waals surface area contributed by atoms with Gasteiger partial charge in [0.05, 0.1) is 12.7 Å². The standard InChI is InChI=1S/C17H23F3N2O/c1-23-13-4-5-14(15(11-13)17(18,19)20)16(10-12-2-3-12)22-8-6-21-7-9-22/h4-5,11-12,16,21H,2-3,6-10H2,1H3/t16-/m1/s1. The Labute approximate surface area is 134 Å². The minimum atomic E-state index is -4.36. The van der Waals surface area contributed by atoms with Crippen molar-refractivity contribution in [1.29, 1.82) is 0 Å². The van der Waals surface area contributed by atoms with E-state index in [0.29, 0.717) is 11.5 Å². The van der Waals surface area contributed by atoms with Gasteiger partial charge in [-0.3, -0.25) is 4.90 Å². The first kappa shape index (κ1) is 16.6. The van der Waals surface area contributed by atoms with Crippen LogP contribution in [-0.2, 0) is 6.18 Å². The summed E-state index contributed by atoms with van der Waals surface area (Å²) in [5.74, 6) is 0.824. The number of alkyl halides is 3. The molecular weight excluding hydrogens is 305 g/mol. The number of methoxy groups -OCH3 is 1. The molecule has 3 rings (SSSR count). The topological polar surface area (TPSA) is 24.5 Å². The van der Waals surface area contributed by atoms with E-state index >= 15 is 0 Å². The van der Waals surface area contributed by atoms with Crippen molar-refractivity contribution in [1.82, 2.24) is 10.2 Å². The van der Waals surface area contributed by atoms with Gasteiger partial charge in [0.1, 0.15) is 5.75 Å². The molecule has 1 aromatic rings. The number of halogens is 3. The third-order valence-electron chi connectivity index (χ3n) is 4.77. The molecule has 1 aliphatic heterocycles. The first-order chi connectivity index (χ1) is 11.0. The van der Waals surface area contributed by atoms with Crippen molar-refractivity contribution in [3.8, 4) is 5.75 Å². The maximum absolute atomic E-state index is 13.6. The highest BCUT2D eigenvalue weighted by Crippen LogP contribution is 2.44. The second kappa shape index (κ2) is 6.69. The number of piperazine rings is 1. The van der Waals surface area contributed by atoms with E-state index in [1.54, 1.807) is 12.1 Å². The SMILES string of the molecule is COc1ccc([C@@H](CC2CC2)N2CCNCC2)c(C(F)(F)F)c1. The van der Waals surface area contributed by atoms with Gasteiger partial charge in [-0.1, -0.05) is 18.9 Å². The van der Waals surface area contributed by atoms with Crippen LogP contribution in [0, 0.1) is 5.92 Å². The monoisotopic (exact) mass is 328 g/mol. The second-order valence-electron chi connectivity index (χ2n) is 6.43. The lowest BCUT2D eigenvalue weighted by Gasteiger charge is -2.36. The normalized spacial score (nSPS) is 21.2. The third kappa shape index (κ3) is 3.98. The first-order valence-corrected chi connectivity index (χ1v) is 8.19. The Morgan fingerprint density at radius 2 is 1.96 bits per heavy atom. The molecule has 2 fully saturated rings. The lowest BCUT2D eigenvalue weighted by atomic mass is 9.93. The van der Waals surface area contributed by atoms with E-state index in [-0.39, 0.29) is 11.8 Å². The number of nitrogens with one attached hydrogen (secondary N) is 1. The van der Waals surface area contributed by atoms with Gasteiger partial charge in [-0.05, 0) is 30.0 Å². The minimum Gasteiger partial charge on any atom is -0.497 e. The van der Waals surface area contributed by atoms with Crippen LogP contribution in [0.25, 0.3) is 0 Å². The zero-order valence-corrected chi connectivity index (χ0v) is 13.3. The Kier molecular flexibility index (Phi) is 4.82. The van der Waals surface area contributed by atoms with E-state index in [2.05, 4.69) is 10.2 Å². The molecule has 23 heavy (non-hydrogen) atoms. The van der Waals surface area contributed by atoms with E-state index < -0.39 is 11.7 Å². The fourth-order valence-electron chi connectivity index (χ4n) is 3.33. The van der Waals surface area contributed by atoms with E-state index in [1.165, 1.54) is 7.11 Å². The van der Waals surface area contributed by atoms with E-state index in [9.17, 15) is 13.2 Å². The van der Waals surface area contributed by atoms with Crippen LogP contribution in [0.15, 0.2) is 18.2 Å². The predicted molar refractivity (Wildman–Crippen MR) is 82.5 cm³/mol. The summed E-state index contributed by atoms with van der Waals surface area (Å²) in [5.41, 5.74) is -0.159. The van der Waals surface area contributed by atoms with Crippen LogP contribution >= 0.6 is 0 Å². The fourth-order valence-corrected chi connectivity index (χ4v) is 3.33. The molecular formula is C17H23F3N2O. The van der Waals surface area contributed by atoms with Gasteiger partial charge in [0.25, 0.3) is 0 Å². The maximum Gasteiger partial charge on any atom is 0.416 e. The summed E-state index contributed by atoms with van der Waals surface area (Å²) < 4.78 is 45.7. The van der Waals surface area contributed by atoms with Crippen molar-refractivity contribution in [2.45, 2.75) is 31.5 Å². The summed E-state index contributed by atoms with van der Waals surface area (Å²) in [5, 5.41) is 3.27. The first-order valence-electron chi connectivity index (χ1n) is 8.19. The van der Waals surface area contributed by atoms with Crippen molar-refractivity contribution in [2.75, 3.05) is 33.3 Å². The smallest absolute Gasteiger partial charge is 0.416 e. The van der Waals surface area contributed by atoms with Gasteiger partial charge >= 0.3 is 6.18 Å². The van der Waals surface area contributed by atoms with Crippen LogP contribution in [0.3, 0.4) is 0 Å². The summed E-state index contributed by atoms with van der Waals surface area (Å²) >= 11 is 0. The van der Waals surface area contributed by atoms with Crippen LogP contribution in [0.1, 0.15) is 36.4 Å². The van der Waals surface area contributed by atoms with Crippen LogP contribution in [0.4, 0.5) is 13.2 Å². The molecule has 1 N–H and O–H groups in total. The summed E-state index contributed by atoms with van der Waals surface area (Å²) in [7, 11) is 1.40. The molecule has 0 amide bonds. The summed E-state index contributed by atoms with van der Waals surface area (Å²) in [6.45, 7) is 3.25. The lowest BCUT2D eigenvalue weighted by Crippen LogP contribution is -2.45. The van der Waals surface area contributed by atoms with Crippen molar-refractivity contribution < 1.29 is 17.9 Å². The van der Waals surface area contributed by atoms with Crippen LogP contribution in [0.2, 0.25) is 0 Å². The van der Waals surface area contributed by atoms with Crippen LogP contribution < -0.4 is 10.1 Å². The molecule has 1 saturated carbocycles. The van der Waals surface area contributed by atoms with Crippen molar-refractivity contribution in [3.63, 3.8) is 0 Å². The molecule has 3 nitrogen and oxygen atoms in total. The number of ether oxygens (including phenoxy) is 1. The van der Waals surface area contributed by atoms with E-state index in [1.807, 2.05) is 0 Å². The molecule has 128 valence electrons. The minimum absolute atomic E-state index is 0.160. The van der Waals surface area contributed by atoms with Gasteiger partial charge in [0, 0.05) is 32.2 Å².